The number of aromatic hydroxyl groups is 1. The molecule has 0 heterocycles. The molecular weight excluding hydrogens is 410 g/mol. The number of phenols is 1. The van der Waals surface area contributed by atoms with Crippen molar-refractivity contribution in [2.75, 3.05) is 10.6 Å². The third-order valence-corrected chi connectivity index (χ3v) is 3.69. The third kappa shape index (κ3) is 4.59. The van der Waals surface area contributed by atoms with E-state index in [9.17, 15) is 46.1 Å². The number of rotatable bonds is 3. The molecule has 0 spiro atoms. The minimum absolute atomic E-state index is 0.0703. The summed E-state index contributed by atoms with van der Waals surface area (Å²) in [5.74, 6) is -2.68. The maximum atomic E-state index is 12.8. The number of benzene rings is 2. The van der Waals surface area contributed by atoms with Crippen LogP contribution in [0.1, 0.15) is 5.56 Å². The molecule has 0 aliphatic carbocycles. The second kappa shape index (κ2) is 7.62. The molecule has 2 rings (SSSR count). The predicted octanol–water partition coefficient (Wildman–Crippen LogP) is 3.28. The van der Waals surface area contributed by atoms with Crippen LogP contribution >= 0.6 is 0 Å². The number of halogens is 6. The van der Waals surface area contributed by atoms with Crippen LogP contribution in [0.15, 0.2) is 48.5 Å². The maximum Gasteiger partial charge on any atom is 0.430 e. The van der Waals surface area contributed by atoms with Crippen molar-refractivity contribution in [2.24, 2.45) is 0 Å². The summed E-state index contributed by atoms with van der Waals surface area (Å²) in [7, 11) is 0. The molecule has 0 saturated carbocycles. The van der Waals surface area contributed by atoms with E-state index in [1.807, 2.05) is 5.32 Å². The Kier molecular flexibility index (Phi) is 5.79. The van der Waals surface area contributed by atoms with E-state index in [-0.39, 0.29) is 17.1 Å². The minimum Gasteiger partial charge on any atom is -0.508 e. The summed E-state index contributed by atoms with van der Waals surface area (Å²) in [6, 6.07) is 7.15. The summed E-state index contributed by atoms with van der Waals surface area (Å²) in [4.78, 5) is 23.6. The van der Waals surface area contributed by atoms with Gasteiger partial charge in [0.15, 0.2) is 0 Å². The highest BCUT2D eigenvalue weighted by molar-refractivity contribution is 6.43. The fraction of sp³-hybridized carbons (Fsp3) is 0.176. The Balaban J connectivity index is 2.16. The summed E-state index contributed by atoms with van der Waals surface area (Å²) in [5.41, 5.74) is -6.84. The van der Waals surface area contributed by atoms with Crippen molar-refractivity contribution in [1.29, 1.82) is 0 Å². The molecule has 0 aliphatic heterocycles. The van der Waals surface area contributed by atoms with Gasteiger partial charge in [-0.1, -0.05) is 18.2 Å². The van der Waals surface area contributed by atoms with Crippen molar-refractivity contribution >= 4 is 23.2 Å². The first kappa shape index (κ1) is 22.0. The summed E-state index contributed by atoms with van der Waals surface area (Å²) < 4.78 is 77.0. The number of carbonyl (C=O) groups is 2. The first-order valence-corrected chi connectivity index (χ1v) is 7.63. The van der Waals surface area contributed by atoms with Gasteiger partial charge in [0.05, 0.1) is 0 Å². The first-order valence-electron chi connectivity index (χ1n) is 7.63. The topological polar surface area (TPSA) is 98.7 Å². The molecule has 6 nitrogen and oxygen atoms in total. The molecule has 4 N–H and O–H groups in total. The largest absolute Gasteiger partial charge is 0.508 e. The highest BCUT2D eigenvalue weighted by Gasteiger charge is 2.71. The molecule has 0 aliphatic rings. The smallest absolute Gasteiger partial charge is 0.430 e. The number of carbonyl (C=O) groups excluding carboxylic acids is 2. The van der Waals surface area contributed by atoms with E-state index < -0.39 is 35.3 Å². The van der Waals surface area contributed by atoms with Crippen molar-refractivity contribution < 1.29 is 46.1 Å². The van der Waals surface area contributed by atoms with E-state index in [0.29, 0.717) is 24.3 Å². The normalized spacial score (nSPS) is 12.4. The summed E-state index contributed by atoms with van der Waals surface area (Å²) >= 11 is 0. The first-order chi connectivity index (χ1) is 13.3. The number of alkyl halides is 6. The maximum absolute atomic E-state index is 12.8. The van der Waals surface area contributed by atoms with Gasteiger partial charge >= 0.3 is 24.2 Å². The lowest BCUT2D eigenvalue weighted by Crippen LogP contribution is -2.53. The van der Waals surface area contributed by atoms with Crippen molar-refractivity contribution in [2.45, 2.75) is 18.0 Å². The van der Waals surface area contributed by atoms with E-state index in [1.54, 1.807) is 0 Å². The highest BCUT2D eigenvalue weighted by atomic mass is 19.4. The molecule has 2 aromatic rings. The molecule has 2 aromatic carbocycles. The Labute approximate surface area is 158 Å². The molecule has 12 heteroatoms. The molecule has 0 saturated heterocycles. The average molecular weight is 422 g/mol. The van der Waals surface area contributed by atoms with E-state index in [1.165, 1.54) is 18.2 Å². The standard InChI is InChI=1S/C17H12F6N2O4/c18-16(19,20)15(29,17(21,22)23)9-4-6-10(7-5-9)24-13(27)14(28)25-11-2-1-3-12(26)8-11/h1-8,26,29H,(H,24,27)(H,25,28). The van der Waals surface area contributed by atoms with Gasteiger partial charge in [-0.2, -0.15) is 26.3 Å². The molecule has 0 aromatic heterocycles. The molecule has 0 bridgehead atoms. The van der Waals surface area contributed by atoms with Crippen LogP contribution in [0.5, 0.6) is 5.75 Å². The number of anilines is 2. The monoisotopic (exact) mass is 422 g/mol. The Bertz CT molecular complexity index is 895. The SMILES string of the molecule is O=C(Nc1ccc(C(O)(C(F)(F)F)C(F)(F)F)cc1)C(=O)Nc1cccc(O)c1. The zero-order valence-corrected chi connectivity index (χ0v) is 14.1. The molecule has 0 unspecified atom stereocenters. The van der Waals surface area contributed by atoms with E-state index in [0.717, 1.165) is 6.07 Å². The Morgan fingerprint density at radius 1 is 0.759 bits per heavy atom. The molecule has 156 valence electrons. The zero-order chi connectivity index (χ0) is 22.0. The lowest BCUT2D eigenvalue weighted by molar-refractivity contribution is -0.376. The van der Waals surface area contributed by atoms with Crippen molar-refractivity contribution in [3.8, 4) is 5.75 Å². The predicted molar refractivity (Wildman–Crippen MR) is 87.8 cm³/mol. The molecular formula is C17H12F6N2O4. The molecule has 29 heavy (non-hydrogen) atoms. The second-order valence-electron chi connectivity index (χ2n) is 5.74. The van der Waals surface area contributed by atoms with Gasteiger partial charge in [0.2, 0.25) is 0 Å². The number of aliphatic hydroxyl groups is 1. The Morgan fingerprint density at radius 3 is 1.69 bits per heavy atom. The van der Waals surface area contributed by atoms with Gasteiger partial charge in [0.25, 0.3) is 5.60 Å². The fourth-order valence-electron chi connectivity index (χ4n) is 2.24. The van der Waals surface area contributed by atoms with Crippen molar-refractivity contribution in [1.82, 2.24) is 0 Å². The second-order valence-corrected chi connectivity index (χ2v) is 5.74. The van der Waals surface area contributed by atoms with Gasteiger partial charge in [-0.05, 0) is 24.3 Å². The van der Waals surface area contributed by atoms with Gasteiger partial charge in [-0.15, -0.1) is 0 Å². The van der Waals surface area contributed by atoms with Crippen molar-refractivity contribution in [3.05, 3.63) is 54.1 Å². The summed E-state index contributed by atoms with van der Waals surface area (Å²) in [6.45, 7) is 0. The van der Waals surface area contributed by atoms with Crippen LogP contribution in [0.3, 0.4) is 0 Å². The summed E-state index contributed by atoms with van der Waals surface area (Å²) in [6.07, 6.45) is -12.1. The lowest BCUT2D eigenvalue weighted by atomic mass is 9.92. The van der Waals surface area contributed by atoms with Crippen LogP contribution in [0, 0.1) is 0 Å². The number of hydrogen-bond acceptors (Lipinski definition) is 4. The third-order valence-electron chi connectivity index (χ3n) is 3.69. The summed E-state index contributed by atoms with van der Waals surface area (Å²) in [5, 5.41) is 22.7. The number of nitrogens with one attached hydrogen (secondary N) is 2. The Morgan fingerprint density at radius 2 is 1.24 bits per heavy atom. The van der Waals surface area contributed by atoms with E-state index in [2.05, 4.69) is 5.32 Å². The van der Waals surface area contributed by atoms with E-state index >= 15 is 0 Å². The van der Waals surface area contributed by atoms with Gasteiger partial charge in [0.1, 0.15) is 5.75 Å². The molecule has 0 atom stereocenters. The van der Waals surface area contributed by atoms with Crippen LogP contribution in [-0.4, -0.2) is 34.4 Å². The van der Waals surface area contributed by atoms with Gasteiger partial charge < -0.3 is 20.8 Å². The van der Waals surface area contributed by atoms with Crippen molar-refractivity contribution in [3.63, 3.8) is 0 Å². The van der Waals surface area contributed by atoms with Crippen LogP contribution < -0.4 is 10.6 Å². The fourth-order valence-corrected chi connectivity index (χ4v) is 2.24. The number of amides is 2. The quantitative estimate of drug-likeness (QED) is 0.451. The van der Waals surface area contributed by atoms with Gasteiger partial charge in [-0.3, -0.25) is 9.59 Å². The number of phenolic OH excluding ortho intramolecular Hbond substituents is 1. The van der Waals surface area contributed by atoms with Crippen LogP contribution in [0.25, 0.3) is 0 Å². The lowest BCUT2D eigenvalue weighted by Gasteiger charge is -2.32. The Hall–Kier alpha value is -3.28. The minimum atomic E-state index is -6.04. The molecule has 0 radical (unpaired) electrons. The van der Waals surface area contributed by atoms with Gasteiger partial charge in [0, 0.05) is 23.0 Å². The average Bonchev–Trinajstić information content (AvgIpc) is 2.59. The van der Waals surface area contributed by atoms with E-state index in [4.69, 9.17) is 0 Å². The molecule has 0 fully saturated rings. The highest BCUT2D eigenvalue weighted by Crippen LogP contribution is 2.50. The van der Waals surface area contributed by atoms with Gasteiger partial charge in [-0.25, -0.2) is 0 Å². The number of hydrogen-bond donors (Lipinski definition) is 4. The zero-order valence-electron chi connectivity index (χ0n) is 14.1. The molecule has 2 amide bonds. The van der Waals surface area contributed by atoms with Crippen LogP contribution in [-0.2, 0) is 15.2 Å². The van der Waals surface area contributed by atoms with Crippen LogP contribution in [0.2, 0.25) is 0 Å². The van der Waals surface area contributed by atoms with Crippen LogP contribution in [0.4, 0.5) is 37.7 Å².